The van der Waals surface area contributed by atoms with Crippen molar-refractivity contribution in [2.75, 3.05) is 6.61 Å². The SMILES string of the molecule is CCCC1CC(N[C@@H](C)c2ccccc2Cl)CCO1. The molecule has 1 aliphatic heterocycles. The first-order valence-corrected chi connectivity index (χ1v) is 7.70. The van der Waals surface area contributed by atoms with Crippen molar-refractivity contribution in [2.24, 2.45) is 0 Å². The summed E-state index contributed by atoms with van der Waals surface area (Å²) in [6.07, 6.45) is 4.99. The van der Waals surface area contributed by atoms with E-state index in [2.05, 4.69) is 25.2 Å². The molecular formula is C16H24ClNO. The lowest BCUT2D eigenvalue weighted by Gasteiger charge is -2.32. The number of rotatable bonds is 5. The molecular weight excluding hydrogens is 258 g/mol. The minimum Gasteiger partial charge on any atom is -0.378 e. The smallest absolute Gasteiger partial charge is 0.0589 e. The van der Waals surface area contributed by atoms with Gasteiger partial charge in [0.15, 0.2) is 0 Å². The summed E-state index contributed by atoms with van der Waals surface area (Å²) in [5, 5.41) is 4.55. The van der Waals surface area contributed by atoms with Crippen LogP contribution in [0.5, 0.6) is 0 Å². The van der Waals surface area contributed by atoms with Crippen molar-refractivity contribution in [3.8, 4) is 0 Å². The molecule has 0 saturated carbocycles. The number of ether oxygens (including phenoxy) is 1. The summed E-state index contributed by atoms with van der Waals surface area (Å²) < 4.78 is 5.79. The van der Waals surface area contributed by atoms with E-state index < -0.39 is 0 Å². The van der Waals surface area contributed by atoms with Gasteiger partial charge in [0.05, 0.1) is 6.10 Å². The van der Waals surface area contributed by atoms with Crippen LogP contribution in [0.25, 0.3) is 0 Å². The predicted molar refractivity (Wildman–Crippen MR) is 80.7 cm³/mol. The van der Waals surface area contributed by atoms with Crippen LogP contribution in [0.3, 0.4) is 0 Å². The van der Waals surface area contributed by atoms with Crippen LogP contribution < -0.4 is 5.32 Å². The highest BCUT2D eigenvalue weighted by atomic mass is 35.5. The molecule has 1 fully saturated rings. The summed E-state index contributed by atoms with van der Waals surface area (Å²) in [6.45, 7) is 5.27. The van der Waals surface area contributed by atoms with Crippen LogP contribution in [-0.4, -0.2) is 18.8 Å². The molecule has 0 spiro atoms. The Morgan fingerprint density at radius 3 is 2.95 bits per heavy atom. The maximum absolute atomic E-state index is 6.25. The van der Waals surface area contributed by atoms with Crippen LogP contribution in [0.1, 0.15) is 51.1 Å². The Kier molecular flexibility index (Phi) is 5.68. The second-order valence-electron chi connectivity index (χ2n) is 5.41. The maximum atomic E-state index is 6.25. The van der Waals surface area contributed by atoms with Gasteiger partial charge in [-0.1, -0.05) is 43.1 Å². The first kappa shape index (κ1) is 14.8. The van der Waals surface area contributed by atoms with Crippen molar-refractivity contribution in [2.45, 2.75) is 57.7 Å². The lowest BCUT2D eigenvalue weighted by atomic mass is 9.98. The fourth-order valence-electron chi connectivity index (χ4n) is 2.82. The number of nitrogens with one attached hydrogen (secondary N) is 1. The number of hydrogen-bond acceptors (Lipinski definition) is 2. The monoisotopic (exact) mass is 281 g/mol. The van der Waals surface area contributed by atoms with Gasteiger partial charge in [-0.3, -0.25) is 0 Å². The molecule has 1 N–H and O–H groups in total. The molecule has 0 aromatic heterocycles. The van der Waals surface area contributed by atoms with Crippen molar-refractivity contribution in [1.82, 2.24) is 5.32 Å². The largest absolute Gasteiger partial charge is 0.378 e. The Balaban J connectivity index is 1.91. The summed E-state index contributed by atoms with van der Waals surface area (Å²) in [7, 11) is 0. The topological polar surface area (TPSA) is 21.3 Å². The number of benzene rings is 1. The Bertz CT molecular complexity index is 394. The first-order valence-electron chi connectivity index (χ1n) is 7.32. The van der Waals surface area contributed by atoms with Crippen molar-refractivity contribution >= 4 is 11.6 Å². The number of hydrogen-bond donors (Lipinski definition) is 1. The molecule has 0 amide bonds. The Morgan fingerprint density at radius 1 is 1.42 bits per heavy atom. The minimum absolute atomic E-state index is 0.291. The zero-order chi connectivity index (χ0) is 13.7. The van der Waals surface area contributed by atoms with Crippen LogP contribution >= 0.6 is 11.6 Å². The van der Waals surface area contributed by atoms with E-state index in [4.69, 9.17) is 16.3 Å². The maximum Gasteiger partial charge on any atom is 0.0589 e. The average molecular weight is 282 g/mol. The summed E-state index contributed by atoms with van der Waals surface area (Å²) >= 11 is 6.25. The van der Waals surface area contributed by atoms with Gasteiger partial charge in [-0.2, -0.15) is 0 Å². The molecule has 2 unspecified atom stereocenters. The highest BCUT2D eigenvalue weighted by Crippen LogP contribution is 2.25. The van der Waals surface area contributed by atoms with Crippen molar-refractivity contribution in [3.63, 3.8) is 0 Å². The van der Waals surface area contributed by atoms with Crippen LogP contribution in [0.15, 0.2) is 24.3 Å². The van der Waals surface area contributed by atoms with Gasteiger partial charge in [0.25, 0.3) is 0 Å². The van der Waals surface area contributed by atoms with Crippen molar-refractivity contribution in [3.05, 3.63) is 34.9 Å². The summed E-state index contributed by atoms with van der Waals surface area (Å²) in [6, 6.07) is 8.91. The quantitative estimate of drug-likeness (QED) is 0.867. The molecule has 1 aromatic rings. The highest BCUT2D eigenvalue weighted by molar-refractivity contribution is 6.31. The molecule has 1 heterocycles. The van der Waals surface area contributed by atoms with E-state index in [1.54, 1.807) is 0 Å². The predicted octanol–water partition coefficient (Wildman–Crippen LogP) is 4.34. The second kappa shape index (κ2) is 7.28. The van der Waals surface area contributed by atoms with Gasteiger partial charge in [-0.25, -0.2) is 0 Å². The van der Waals surface area contributed by atoms with Gasteiger partial charge in [0, 0.05) is 23.7 Å². The molecule has 3 heteroatoms. The molecule has 0 aliphatic carbocycles. The Hall–Kier alpha value is -0.570. The van der Waals surface area contributed by atoms with E-state index in [0.29, 0.717) is 18.2 Å². The van der Waals surface area contributed by atoms with Gasteiger partial charge < -0.3 is 10.1 Å². The molecule has 1 saturated heterocycles. The van der Waals surface area contributed by atoms with Gasteiger partial charge in [-0.15, -0.1) is 0 Å². The van der Waals surface area contributed by atoms with Gasteiger partial charge in [0.2, 0.25) is 0 Å². The normalized spacial score (nSPS) is 25.2. The standard InChI is InChI=1S/C16H24ClNO/c1-3-6-14-11-13(9-10-19-14)18-12(2)15-7-4-5-8-16(15)17/h4-5,7-8,12-14,18H,3,6,9-11H2,1-2H3/t12-,13?,14?/m0/s1. The molecule has 1 aliphatic rings. The van der Waals surface area contributed by atoms with Crippen LogP contribution in [-0.2, 0) is 4.74 Å². The summed E-state index contributed by atoms with van der Waals surface area (Å²) in [4.78, 5) is 0. The molecule has 1 aromatic carbocycles. The zero-order valence-electron chi connectivity index (χ0n) is 11.9. The molecule has 0 radical (unpaired) electrons. The van der Waals surface area contributed by atoms with Gasteiger partial charge >= 0.3 is 0 Å². The fraction of sp³-hybridized carbons (Fsp3) is 0.625. The van der Waals surface area contributed by atoms with E-state index >= 15 is 0 Å². The van der Waals surface area contributed by atoms with Crippen LogP contribution in [0, 0.1) is 0 Å². The average Bonchev–Trinajstić information content (AvgIpc) is 2.40. The van der Waals surface area contributed by atoms with Crippen LogP contribution in [0.4, 0.5) is 0 Å². The molecule has 2 rings (SSSR count). The minimum atomic E-state index is 0.291. The third-order valence-corrected chi connectivity index (χ3v) is 4.18. The molecule has 106 valence electrons. The van der Waals surface area contributed by atoms with Gasteiger partial charge in [0.1, 0.15) is 0 Å². The highest BCUT2D eigenvalue weighted by Gasteiger charge is 2.23. The van der Waals surface area contributed by atoms with E-state index in [-0.39, 0.29) is 0 Å². The van der Waals surface area contributed by atoms with E-state index in [0.717, 1.165) is 24.5 Å². The van der Waals surface area contributed by atoms with E-state index in [1.807, 2.05) is 18.2 Å². The second-order valence-corrected chi connectivity index (χ2v) is 5.82. The Labute approximate surface area is 121 Å². The summed E-state index contributed by atoms with van der Waals surface area (Å²) in [5.41, 5.74) is 1.18. The van der Waals surface area contributed by atoms with E-state index in [9.17, 15) is 0 Å². The third-order valence-electron chi connectivity index (χ3n) is 3.84. The molecule has 0 bridgehead atoms. The first-order chi connectivity index (χ1) is 9.20. The zero-order valence-corrected chi connectivity index (χ0v) is 12.6. The Morgan fingerprint density at radius 2 is 2.21 bits per heavy atom. The molecule has 19 heavy (non-hydrogen) atoms. The molecule has 2 nitrogen and oxygen atoms in total. The van der Waals surface area contributed by atoms with Gasteiger partial charge in [-0.05, 0) is 37.8 Å². The number of halogens is 1. The third kappa shape index (κ3) is 4.20. The summed E-state index contributed by atoms with van der Waals surface area (Å²) in [5.74, 6) is 0. The van der Waals surface area contributed by atoms with E-state index in [1.165, 1.54) is 18.4 Å². The fourth-order valence-corrected chi connectivity index (χ4v) is 3.12. The molecule has 3 atom stereocenters. The van der Waals surface area contributed by atoms with Crippen molar-refractivity contribution in [1.29, 1.82) is 0 Å². The van der Waals surface area contributed by atoms with Crippen LogP contribution in [0.2, 0.25) is 5.02 Å². The lowest BCUT2D eigenvalue weighted by Crippen LogP contribution is -2.40. The van der Waals surface area contributed by atoms with Crippen molar-refractivity contribution < 1.29 is 4.74 Å². The lowest BCUT2D eigenvalue weighted by molar-refractivity contribution is -0.00472.